The number of nitrogens with one attached hydrogen (secondary N) is 1. The number of aromatic nitrogens is 2. The summed E-state index contributed by atoms with van der Waals surface area (Å²) in [5, 5.41) is 9.61. The van der Waals surface area contributed by atoms with E-state index in [1.165, 1.54) is 16.3 Å². The van der Waals surface area contributed by atoms with Crippen LogP contribution in [0.15, 0.2) is 89.7 Å². The van der Waals surface area contributed by atoms with Gasteiger partial charge in [-0.15, -0.1) is 0 Å². The van der Waals surface area contributed by atoms with E-state index in [0.717, 1.165) is 29.2 Å². The summed E-state index contributed by atoms with van der Waals surface area (Å²) in [5.74, 6) is -0.217. The molecule has 0 aliphatic carbocycles. The summed E-state index contributed by atoms with van der Waals surface area (Å²) >= 11 is 0. The van der Waals surface area contributed by atoms with E-state index in [0.29, 0.717) is 5.69 Å². The molecule has 4 aromatic rings. The Morgan fingerprint density at radius 2 is 1.68 bits per heavy atom. The third-order valence-electron chi connectivity index (χ3n) is 5.34. The van der Waals surface area contributed by atoms with Crippen molar-refractivity contribution in [2.24, 2.45) is 0 Å². The SMILES string of the molecule is C[C@H](CCc1ccccc1)NC(=O)Cn1nc(-c2cccc3ccccc23)ccc1=O. The van der Waals surface area contributed by atoms with Crippen molar-refractivity contribution in [3.63, 3.8) is 0 Å². The van der Waals surface area contributed by atoms with Gasteiger partial charge in [0.05, 0.1) is 5.69 Å². The van der Waals surface area contributed by atoms with Gasteiger partial charge in [-0.25, -0.2) is 4.68 Å². The molecule has 1 heterocycles. The van der Waals surface area contributed by atoms with Crippen LogP contribution < -0.4 is 10.9 Å². The predicted octanol–water partition coefficient (Wildman–Crippen LogP) is 4.20. The van der Waals surface area contributed by atoms with E-state index in [-0.39, 0.29) is 24.1 Å². The Bertz CT molecular complexity index is 1240. The molecule has 0 unspecified atom stereocenters. The van der Waals surface area contributed by atoms with Crippen LogP contribution in [0, 0.1) is 0 Å². The maximum Gasteiger partial charge on any atom is 0.267 e. The fourth-order valence-electron chi connectivity index (χ4n) is 3.71. The number of carbonyl (C=O) groups excluding carboxylic acids is 1. The van der Waals surface area contributed by atoms with Crippen LogP contribution in [0.2, 0.25) is 0 Å². The molecule has 0 aliphatic rings. The lowest BCUT2D eigenvalue weighted by Crippen LogP contribution is -2.38. The van der Waals surface area contributed by atoms with Gasteiger partial charge in [0.2, 0.25) is 5.91 Å². The highest BCUT2D eigenvalue weighted by Crippen LogP contribution is 2.26. The standard InChI is InChI=1S/C26H25N3O2/c1-19(14-15-20-8-3-2-4-9-20)27-25(30)18-29-26(31)17-16-24(28-29)23-13-7-11-21-10-5-6-12-22(21)23/h2-13,16-17,19H,14-15,18H2,1H3,(H,27,30)/t19-/m1/s1. The lowest BCUT2D eigenvalue weighted by Gasteiger charge is -2.15. The number of amides is 1. The molecule has 0 bridgehead atoms. The van der Waals surface area contributed by atoms with E-state index >= 15 is 0 Å². The molecule has 1 N–H and O–H groups in total. The van der Waals surface area contributed by atoms with E-state index in [1.54, 1.807) is 6.07 Å². The number of hydrogen-bond acceptors (Lipinski definition) is 3. The highest BCUT2D eigenvalue weighted by atomic mass is 16.2. The van der Waals surface area contributed by atoms with E-state index in [1.807, 2.05) is 67.6 Å². The van der Waals surface area contributed by atoms with Crippen LogP contribution in [0.4, 0.5) is 0 Å². The molecular weight excluding hydrogens is 386 g/mol. The molecule has 0 radical (unpaired) electrons. The molecule has 3 aromatic carbocycles. The lowest BCUT2D eigenvalue weighted by molar-refractivity contribution is -0.122. The summed E-state index contributed by atoms with van der Waals surface area (Å²) < 4.78 is 1.23. The molecule has 5 heteroatoms. The number of benzene rings is 3. The van der Waals surface area contributed by atoms with Gasteiger partial charge in [0.25, 0.3) is 5.56 Å². The van der Waals surface area contributed by atoms with Crippen molar-refractivity contribution in [2.75, 3.05) is 0 Å². The Labute approximate surface area is 181 Å². The highest BCUT2D eigenvalue weighted by Gasteiger charge is 2.12. The minimum Gasteiger partial charge on any atom is -0.352 e. The number of fused-ring (bicyclic) bond motifs is 1. The third-order valence-corrected chi connectivity index (χ3v) is 5.34. The molecule has 0 aliphatic heterocycles. The second kappa shape index (κ2) is 9.39. The molecule has 5 nitrogen and oxygen atoms in total. The minimum absolute atomic E-state index is 0.00431. The summed E-state index contributed by atoms with van der Waals surface area (Å²) in [6, 6.07) is 27.4. The van der Waals surface area contributed by atoms with Gasteiger partial charge < -0.3 is 5.32 Å². The van der Waals surface area contributed by atoms with E-state index in [4.69, 9.17) is 0 Å². The number of rotatable bonds is 7. The zero-order chi connectivity index (χ0) is 21.6. The van der Waals surface area contributed by atoms with Crippen molar-refractivity contribution in [3.05, 3.63) is 101 Å². The molecule has 156 valence electrons. The molecular formula is C26H25N3O2. The first-order valence-electron chi connectivity index (χ1n) is 10.5. The largest absolute Gasteiger partial charge is 0.352 e. The van der Waals surface area contributed by atoms with Crippen LogP contribution in [0.1, 0.15) is 18.9 Å². The Morgan fingerprint density at radius 3 is 2.52 bits per heavy atom. The van der Waals surface area contributed by atoms with Gasteiger partial charge in [-0.3, -0.25) is 9.59 Å². The van der Waals surface area contributed by atoms with Crippen LogP contribution >= 0.6 is 0 Å². The average Bonchev–Trinajstić information content (AvgIpc) is 2.79. The quantitative estimate of drug-likeness (QED) is 0.496. The van der Waals surface area contributed by atoms with E-state index in [2.05, 4.69) is 22.5 Å². The van der Waals surface area contributed by atoms with Gasteiger partial charge in [0, 0.05) is 17.7 Å². The number of carbonyl (C=O) groups is 1. The molecule has 1 amide bonds. The van der Waals surface area contributed by atoms with Crippen LogP contribution in [0.3, 0.4) is 0 Å². The first-order valence-corrected chi connectivity index (χ1v) is 10.5. The number of nitrogens with zero attached hydrogens (tertiary/aromatic N) is 2. The third kappa shape index (κ3) is 5.07. The topological polar surface area (TPSA) is 64.0 Å². The number of hydrogen-bond donors (Lipinski definition) is 1. The maximum absolute atomic E-state index is 12.5. The Hall–Kier alpha value is -3.73. The summed E-state index contributed by atoms with van der Waals surface area (Å²) in [6.45, 7) is 1.87. The van der Waals surface area contributed by atoms with Gasteiger partial charge in [-0.05, 0) is 42.2 Å². The van der Waals surface area contributed by atoms with Crippen molar-refractivity contribution in [2.45, 2.75) is 32.4 Å². The fourth-order valence-corrected chi connectivity index (χ4v) is 3.71. The highest BCUT2D eigenvalue weighted by molar-refractivity contribution is 5.95. The van der Waals surface area contributed by atoms with Gasteiger partial charge in [-0.1, -0.05) is 72.8 Å². The maximum atomic E-state index is 12.5. The zero-order valence-electron chi connectivity index (χ0n) is 17.5. The first kappa shape index (κ1) is 20.5. The fraction of sp³-hybridized carbons (Fsp3) is 0.192. The van der Waals surface area contributed by atoms with Gasteiger partial charge in [-0.2, -0.15) is 5.10 Å². The molecule has 0 fully saturated rings. The second-order valence-corrected chi connectivity index (χ2v) is 7.73. The first-order chi connectivity index (χ1) is 15.1. The Morgan fingerprint density at radius 1 is 0.935 bits per heavy atom. The van der Waals surface area contributed by atoms with Gasteiger partial charge >= 0.3 is 0 Å². The molecule has 1 aromatic heterocycles. The van der Waals surface area contributed by atoms with Crippen molar-refractivity contribution >= 4 is 16.7 Å². The van der Waals surface area contributed by atoms with Gasteiger partial charge in [0.1, 0.15) is 6.54 Å². The summed E-state index contributed by atoms with van der Waals surface area (Å²) in [4.78, 5) is 24.9. The normalized spacial score (nSPS) is 11.9. The van der Waals surface area contributed by atoms with Crippen molar-refractivity contribution in [1.29, 1.82) is 0 Å². The molecule has 4 rings (SSSR count). The minimum atomic E-state index is -0.295. The Balaban J connectivity index is 1.46. The summed E-state index contributed by atoms with van der Waals surface area (Å²) in [6.07, 6.45) is 1.71. The van der Waals surface area contributed by atoms with Crippen molar-refractivity contribution < 1.29 is 4.79 Å². The van der Waals surface area contributed by atoms with Gasteiger partial charge in [0.15, 0.2) is 0 Å². The lowest BCUT2D eigenvalue weighted by atomic mass is 10.0. The van der Waals surface area contributed by atoms with Crippen LogP contribution in [0.5, 0.6) is 0 Å². The van der Waals surface area contributed by atoms with Crippen molar-refractivity contribution in [1.82, 2.24) is 15.1 Å². The predicted molar refractivity (Wildman–Crippen MR) is 124 cm³/mol. The Kier molecular flexibility index (Phi) is 6.22. The van der Waals surface area contributed by atoms with Crippen LogP contribution in [-0.2, 0) is 17.8 Å². The van der Waals surface area contributed by atoms with E-state index in [9.17, 15) is 9.59 Å². The molecule has 31 heavy (non-hydrogen) atoms. The molecule has 0 saturated carbocycles. The number of aryl methyl sites for hydroxylation is 1. The second-order valence-electron chi connectivity index (χ2n) is 7.73. The van der Waals surface area contributed by atoms with Crippen LogP contribution in [0.25, 0.3) is 22.0 Å². The summed E-state index contributed by atoms with van der Waals surface area (Å²) in [5.41, 5.74) is 2.55. The average molecular weight is 412 g/mol. The van der Waals surface area contributed by atoms with E-state index < -0.39 is 0 Å². The van der Waals surface area contributed by atoms with Crippen LogP contribution in [-0.4, -0.2) is 21.7 Å². The summed E-state index contributed by atoms with van der Waals surface area (Å²) in [7, 11) is 0. The van der Waals surface area contributed by atoms with Crippen molar-refractivity contribution in [3.8, 4) is 11.3 Å². The molecule has 0 spiro atoms. The zero-order valence-corrected chi connectivity index (χ0v) is 17.5. The smallest absolute Gasteiger partial charge is 0.267 e. The molecule has 0 saturated heterocycles. The monoisotopic (exact) mass is 411 g/mol. The molecule has 1 atom stereocenters.